The van der Waals surface area contributed by atoms with Crippen molar-refractivity contribution < 1.29 is 19.9 Å². The molecule has 2 rings (SSSR count). The Morgan fingerprint density at radius 2 is 2.05 bits per heavy atom. The lowest BCUT2D eigenvalue weighted by atomic mass is 9.97. The number of benzene rings is 1. The quantitative estimate of drug-likeness (QED) is 0.639. The maximum Gasteiger partial charge on any atom is 0.338 e. The Bertz CT molecular complexity index is 523. The van der Waals surface area contributed by atoms with Crippen LogP contribution in [0.15, 0.2) is 18.2 Å². The molecule has 1 aromatic carbocycles. The van der Waals surface area contributed by atoms with Crippen LogP contribution in [-0.4, -0.2) is 40.8 Å². The van der Waals surface area contributed by atoms with E-state index in [1.54, 1.807) is 0 Å². The Balaban J connectivity index is 2.27. The van der Waals surface area contributed by atoms with E-state index in [9.17, 15) is 20.0 Å². The monoisotopic (exact) mass is 280 g/mol. The summed E-state index contributed by atoms with van der Waals surface area (Å²) < 4.78 is 0. The Morgan fingerprint density at radius 3 is 2.55 bits per heavy atom. The van der Waals surface area contributed by atoms with Gasteiger partial charge in [-0.15, -0.1) is 0 Å². The average Bonchev–Trinajstić information content (AvgIpc) is 2.46. The minimum absolute atomic E-state index is 0.0540. The molecule has 0 unspecified atom stereocenters. The molecule has 0 aromatic heterocycles. The zero-order chi connectivity index (χ0) is 14.7. The van der Waals surface area contributed by atoms with Crippen LogP contribution in [0.5, 0.6) is 0 Å². The standard InChI is InChI=1S/C13H16N2O5/c16-8-9-3-5-14(6-4-9)12-2-1-10(15(19)20)7-11(12)13(17)18/h1-2,7,9,16H,3-6,8H2,(H,17,18). The van der Waals surface area contributed by atoms with E-state index in [0.29, 0.717) is 18.8 Å². The van der Waals surface area contributed by atoms with E-state index in [1.165, 1.54) is 12.1 Å². The second-order valence-electron chi connectivity index (χ2n) is 4.88. The molecule has 0 radical (unpaired) electrons. The number of aliphatic hydroxyl groups excluding tert-OH is 1. The number of anilines is 1. The Kier molecular flexibility index (Phi) is 4.19. The number of aliphatic hydroxyl groups is 1. The van der Waals surface area contributed by atoms with Crippen LogP contribution in [0.1, 0.15) is 23.2 Å². The average molecular weight is 280 g/mol. The highest BCUT2D eigenvalue weighted by molar-refractivity contribution is 5.95. The van der Waals surface area contributed by atoms with E-state index in [-0.39, 0.29) is 23.8 Å². The van der Waals surface area contributed by atoms with Crippen LogP contribution < -0.4 is 4.90 Å². The molecule has 1 fully saturated rings. The first-order chi connectivity index (χ1) is 9.52. The van der Waals surface area contributed by atoms with E-state index in [2.05, 4.69) is 0 Å². The van der Waals surface area contributed by atoms with Crippen LogP contribution in [0.25, 0.3) is 0 Å². The first kappa shape index (κ1) is 14.3. The van der Waals surface area contributed by atoms with Gasteiger partial charge in [-0.05, 0) is 24.8 Å². The maximum absolute atomic E-state index is 11.3. The molecule has 0 spiro atoms. The van der Waals surface area contributed by atoms with Gasteiger partial charge in [0.1, 0.15) is 0 Å². The van der Waals surface area contributed by atoms with E-state index >= 15 is 0 Å². The molecule has 1 aliphatic rings. The van der Waals surface area contributed by atoms with Crippen molar-refractivity contribution in [3.63, 3.8) is 0 Å². The SMILES string of the molecule is O=C(O)c1cc([N+](=O)[O-])ccc1N1CCC(CO)CC1. The number of hydrogen-bond donors (Lipinski definition) is 2. The number of carbonyl (C=O) groups is 1. The fourth-order valence-electron chi connectivity index (χ4n) is 2.44. The Morgan fingerprint density at radius 1 is 1.40 bits per heavy atom. The van der Waals surface area contributed by atoms with Crippen molar-refractivity contribution in [2.45, 2.75) is 12.8 Å². The van der Waals surface area contributed by atoms with Crippen molar-refractivity contribution in [1.29, 1.82) is 0 Å². The molecule has 0 amide bonds. The molecule has 108 valence electrons. The van der Waals surface area contributed by atoms with Crippen molar-refractivity contribution in [2.75, 3.05) is 24.6 Å². The number of carboxylic acids is 1. The Labute approximate surface area is 115 Å². The number of piperidine rings is 1. The van der Waals surface area contributed by atoms with Gasteiger partial charge in [0.2, 0.25) is 0 Å². The van der Waals surface area contributed by atoms with Gasteiger partial charge in [0, 0.05) is 31.8 Å². The van der Waals surface area contributed by atoms with Gasteiger partial charge >= 0.3 is 5.97 Å². The van der Waals surface area contributed by atoms with E-state index in [1.807, 2.05) is 4.90 Å². The normalized spacial score (nSPS) is 16.1. The second kappa shape index (κ2) is 5.87. The zero-order valence-corrected chi connectivity index (χ0v) is 10.9. The highest BCUT2D eigenvalue weighted by Crippen LogP contribution is 2.29. The van der Waals surface area contributed by atoms with E-state index < -0.39 is 10.9 Å². The first-order valence-corrected chi connectivity index (χ1v) is 6.40. The highest BCUT2D eigenvalue weighted by atomic mass is 16.6. The molecule has 20 heavy (non-hydrogen) atoms. The van der Waals surface area contributed by atoms with Crippen molar-refractivity contribution in [3.8, 4) is 0 Å². The van der Waals surface area contributed by atoms with Crippen LogP contribution in [0.4, 0.5) is 11.4 Å². The van der Waals surface area contributed by atoms with Gasteiger partial charge in [-0.2, -0.15) is 0 Å². The van der Waals surface area contributed by atoms with Crippen molar-refractivity contribution in [1.82, 2.24) is 0 Å². The number of nitro benzene ring substituents is 1. The molecule has 0 aliphatic carbocycles. The number of non-ortho nitro benzene ring substituents is 1. The Hall–Kier alpha value is -2.15. The molecule has 7 heteroatoms. The van der Waals surface area contributed by atoms with Gasteiger partial charge in [-0.1, -0.05) is 0 Å². The fraction of sp³-hybridized carbons (Fsp3) is 0.462. The summed E-state index contributed by atoms with van der Waals surface area (Å²) in [6, 6.07) is 3.90. The van der Waals surface area contributed by atoms with Crippen LogP contribution in [-0.2, 0) is 0 Å². The number of hydrogen-bond acceptors (Lipinski definition) is 5. The van der Waals surface area contributed by atoms with Crippen molar-refractivity contribution >= 4 is 17.3 Å². The van der Waals surface area contributed by atoms with Gasteiger partial charge in [-0.3, -0.25) is 10.1 Å². The van der Waals surface area contributed by atoms with Crippen LogP contribution in [0, 0.1) is 16.0 Å². The van der Waals surface area contributed by atoms with Gasteiger partial charge < -0.3 is 15.1 Å². The molecule has 0 saturated carbocycles. The van der Waals surface area contributed by atoms with E-state index in [0.717, 1.165) is 18.9 Å². The predicted molar refractivity (Wildman–Crippen MR) is 72.1 cm³/mol. The van der Waals surface area contributed by atoms with Gasteiger partial charge in [0.05, 0.1) is 16.2 Å². The maximum atomic E-state index is 11.3. The summed E-state index contributed by atoms with van der Waals surface area (Å²) in [6.45, 7) is 1.42. The lowest BCUT2D eigenvalue weighted by Crippen LogP contribution is -2.35. The first-order valence-electron chi connectivity index (χ1n) is 6.40. The molecule has 0 bridgehead atoms. The van der Waals surface area contributed by atoms with Crippen LogP contribution in [0.3, 0.4) is 0 Å². The van der Waals surface area contributed by atoms with Crippen molar-refractivity contribution in [3.05, 3.63) is 33.9 Å². The van der Waals surface area contributed by atoms with Gasteiger partial charge in [0.15, 0.2) is 0 Å². The van der Waals surface area contributed by atoms with Gasteiger partial charge in [0.25, 0.3) is 5.69 Å². The number of nitro groups is 1. The van der Waals surface area contributed by atoms with E-state index in [4.69, 9.17) is 5.11 Å². The second-order valence-corrected chi connectivity index (χ2v) is 4.88. The zero-order valence-electron chi connectivity index (χ0n) is 10.9. The summed E-state index contributed by atoms with van der Waals surface area (Å²) >= 11 is 0. The van der Waals surface area contributed by atoms with Gasteiger partial charge in [-0.25, -0.2) is 4.79 Å². The third-order valence-electron chi connectivity index (χ3n) is 3.63. The third-order valence-corrected chi connectivity index (χ3v) is 3.63. The predicted octanol–water partition coefficient (Wildman–Crippen LogP) is 1.50. The summed E-state index contributed by atoms with van der Waals surface area (Å²) in [5.41, 5.74) is 0.220. The molecule has 7 nitrogen and oxygen atoms in total. The largest absolute Gasteiger partial charge is 0.478 e. The summed E-state index contributed by atoms with van der Waals surface area (Å²) in [6.07, 6.45) is 1.57. The molecule has 1 saturated heterocycles. The smallest absolute Gasteiger partial charge is 0.338 e. The number of nitrogens with zero attached hydrogens (tertiary/aromatic N) is 2. The minimum Gasteiger partial charge on any atom is -0.478 e. The minimum atomic E-state index is -1.17. The molecular weight excluding hydrogens is 264 g/mol. The topological polar surface area (TPSA) is 104 Å². The number of rotatable bonds is 4. The molecule has 1 aliphatic heterocycles. The fourth-order valence-corrected chi connectivity index (χ4v) is 2.44. The molecule has 0 atom stereocenters. The lowest BCUT2D eigenvalue weighted by molar-refractivity contribution is -0.384. The highest BCUT2D eigenvalue weighted by Gasteiger charge is 2.24. The molecule has 2 N–H and O–H groups in total. The summed E-state index contributed by atoms with van der Waals surface area (Å²) in [5.74, 6) is -0.925. The molecule has 1 heterocycles. The summed E-state index contributed by atoms with van der Waals surface area (Å²) in [5, 5.41) is 29.0. The summed E-state index contributed by atoms with van der Waals surface area (Å²) in [7, 11) is 0. The van der Waals surface area contributed by atoms with Crippen molar-refractivity contribution in [2.24, 2.45) is 5.92 Å². The lowest BCUT2D eigenvalue weighted by Gasteiger charge is -2.33. The third kappa shape index (κ3) is 2.88. The molecule has 1 aromatic rings. The summed E-state index contributed by atoms with van der Waals surface area (Å²) in [4.78, 5) is 23.3. The molecular formula is C13H16N2O5. The van der Waals surface area contributed by atoms with Crippen LogP contribution >= 0.6 is 0 Å². The number of aromatic carboxylic acids is 1. The number of carboxylic acid groups (broad SMARTS) is 1. The van der Waals surface area contributed by atoms with Crippen LogP contribution in [0.2, 0.25) is 0 Å².